The molecule has 0 N–H and O–H groups in total. The molecule has 1 aromatic rings. The first kappa shape index (κ1) is 21.8. The second kappa shape index (κ2) is 10.7. The predicted molar refractivity (Wildman–Crippen MR) is 114 cm³/mol. The van der Waals surface area contributed by atoms with Crippen LogP contribution in [0.4, 0.5) is 0 Å². The third kappa shape index (κ3) is 4.88. The van der Waals surface area contributed by atoms with Gasteiger partial charge < -0.3 is 0 Å². The van der Waals surface area contributed by atoms with Crippen molar-refractivity contribution in [2.24, 2.45) is 0 Å². The van der Waals surface area contributed by atoms with E-state index in [4.69, 9.17) is 11.6 Å². The van der Waals surface area contributed by atoms with Gasteiger partial charge in [0.05, 0.1) is 8.07 Å². The normalized spacial score (nSPS) is 15.9. The highest BCUT2D eigenvalue weighted by molar-refractivity contribution is 6.83. The van der Waals surface area contributed by atoms with Gasteiger partial charge >= 0.3 is 0 Å². The lowest BCUT2D eigenvalue weighted by Gasteiger charge is -2.51. The monoisotopic (exact) mass is 366 g/mol. The number of hydrogen-bond acceptors (Lipinski definition) is 0. The summed E-state index contributed by atoms with van der Waals surface area (Å²) in [6.07, 6.45) is 8.00. The number of hydrogen-bond donors (Lipinski definition) is 0. The highest BCUT2D eigenvalue weighted by atomic mass is 35.5. The van der Waals surface area contributed by atoms with Gasteiger partial charge in [-0.05, 0) is 12.5 Å². The molecule has 0 aliphatic heterocycles. The molecule has 2 atom stereocenters. The summed E-state index contributed by atoms with van der Waals surface area (Å²) in [7, 11) is -1.55. The highest BCUT2D eigenvalue weighted by Crippen LogP contribution is 2.48. The zero-order chi connectivity index (χ0) is 18.1. The summed E-state index contributed by atoms with van der Waals surface area (Å²) < 4.78 is 0. The van der Waals surface area contributed by atoms with Crippen LogP contribution in [-0.2, 0) is 5.04 Å². The fourth-order valence-corrected chi connectivity index (χ4v) is 12.3. The van der Waals surface area contributed by atoms with Gasteiger partial charge in [-0.15, -0.1) is 11.6 Å². The van der Waals surface area contributed by atoms with E-state index >= 15 is 0 Å². The zero-order valence-electron chi connectivity index (χ0n) is 16.7. The molecule has 0 fully saturated rings. The van der Waals surface area contributed by atoms with Gasteiger partial charge in [0.25, 0.3) is 0 Å². The van der Waals surface area contributed by atoms with E-state index in [9.17, 15) is 0 Å². The van der Waals surface area contributed by atoms with Crippen molar-refractivity contribution in [1.82, 2.24) is 0 Å². The van der Waals surface area contributed by atoms with Crippen molar-refractivity contribution in [1.29, 1.82) is 0 Å². The highest BCUT2D eigenvalue weighted by Gasteiger charge is 2.51. The van der Waals surface area contributed by atoms with Gasteiger partial charge in [0.15, 0.2) is 0 Å². The molecular formula is C22H39ClSi. The first-order chi connectivity index (χ1) is 11.5. The SMILES string of the molecule is CCCC[Si](CCCC)(CCCC)C(C)(c1ccccc1)C(C)Cl. The van der Waals surface area contributed by atoms with E-state index < -0.39 is 8.07 Å². The third-order valence-corrected chi connectivity index (χ3v) is 13.8. The van der Waals surface area contributed by atoms with Crippen LogP contribution in [0, 0.1) is 0 Å². The molecule has 0 saturated carbocycles. The third-order valence-electron chi connectivity index (χ3n) is 6.30. The Morgan fingerprint density at radius 2 is 1.29 bits per heavy atom. The summed E-state index contributed by atoms with van der Waals surface area (Å²) in [5.41, 5.74) is 1.49. The average Bonchev–Trinajstić information content (AvgIpc) is 2.61. The van der Waals surface area contributed by atoms with Crippen molar-refractivity contribution >= 4 is 19.7 Å². The quantitative estimate of drug-likeness (QED) is 0.260. The summed E-state index contributed by atoms with van der Waals surface area (Å²) in [6.45, 7) is 11.8. The van der Waals surface area contributed by atoms with E-state index in [0.29, 0.717) is 0 Å². The summed E-state index contributed by atoms with van der Waals surface area (Å²) in [5, 5.41) is 0.354. The zero-order valence-corrected chi connectivity index (χ0v) is 18.5. The minimum absolute atomic E-state index is 0.162. The maximum Gasteiger partial charge on any atom is 0.0663 e. The minimum atomic E-state index is -1.55. The van der Waals surface area contributed by atoms with Gasteiger partial charge in [0.1, 0.15) is 0 Å². The van der Waals surface area contributed by atoms with Crippen LogP contribution >= 0.6 is 11.6 Å². The van der Waals surface area contributed by atoms with Crippen LogP contribution in [0.5, 0.6) is 0 Å². The minimum Gasteiger partial charge on any atom is -0.123 e. The fourth-order valence-electron chi connectivity index (χ4n) is 4.44. The average molecular weight is 367 g/mol. The van der Waals surface area contributed by atoms with E-state index in [0.717, 1.165) is 0 Å². The van der Waals surface area contributed by atoms with E-state index in [2.05, 4.69) is 65.0 Å². The summed E-state index contributed by atoms with van der Waals surface area (Å²) >= 11 is 6.98. The second-order valence-corrected chi connectivity index (χ2v) is 13.5. The van der Waals surface area contributed by atoms with Gasteiger partial charge in [0.2, 0.25) is 0 Å². The van der Waals surface area contributed by atoms with Crippen LogP contribution in [0.15, 0.2) is 30.3 Å². The molecule has 0 amide bonds. The van der Waals surface area contributed by atoms with Crippen molar-refractivity contribution in [2.75, 3.05) is 0 Å². The molecule has 0 radical (unpaired) electrons. The Kier molecular flexibility index (Phi) is 9.67. The molecule has 0 aliphatic rings. The van der Waals surface area contributed by atoms with Crippen LogP contribution in [-0.4, -0.2) is 13.5 Å². The van der Waals surface area contributed by atoms with Crippen molar-refractivity contribution in [3.05, 3.63) is 35.9 Å². The molecule has 1 aromatic carbocycles. The van der Waals surface area contributed by atoms with E-state index in [-0.39, 0.29) is 10.4 Å². The number of alkyl halides is 1. The van der Waals surface area contributed by atoms with E-state index in [1.165, 1.54) is 62.2 Å². The lowest BCUT2D eigenvalue weighted by atomic mass is 9.97. The molecule has 2 unspecified atom stereocenters. The molecule has 0 nitrogen and oxygen atoms in total. The number of rotatable bonds is 12. The Bertz CT molecular complexity index is 421. The van der Waals surface area contributed by atoms with Gasteiger partial charge in [0, 0.05) is 10.4 Å². The molecule has 2 heteroatoms. The molecule has 0 saturated heterocycles. The molecular weight excluding hydrogens is 328 g/mol. The Hall–Kier alpha value is -0.273. The second-order valence-electron chi connectivity index (χ2n) is 7.78. The summed E-state index contributed by atoms with van der Waals surface area (Å²) in [6, 6.07) is 15.5. The van der Waals surface area contributed by atoms with Crippen LogP contribution in [0.1, 0.15) is 78.7 Å². The molecule has 0 aliphatic carbocycles. The Balaban J connectivity index is 3.41. The molecule has 138 valence electrons. The Morgan fingerprint density at radius 1 is 0.875 bits per heavy atom. The number of unbranched alkanes of at least 4 members (excludes halogenated alkanes) is 3. The van der Waals surface area contributed by atoms with Gasteiger partial charge in [-0.2, -0.15) is 0 Å². The maximum atomic E-state index is 6.98. The molecule has 0 spiro atoms. The van der Waals surface area contributed by atoms with Crippen molar-refractivity contribution in [3.63, 3.8) is 0 Å². The first-order valence-electron chi connectivity index (χ1n) is 10.2. The van der Waals surface area contributed by atoms with Crippen molar-refractivity contribution in [3.8, 4) is 0 Å². The lowest BCUT2D eigenvalue weighted by Crippen LogP contribution is -2.58. The van der Waals surface area contributed by atoms with Crippen LogP contribution in [0.25, 0.3) is 0 Å². The van der Waals surface area contributed by atoms with Crippen LogP contribution in [0.2, 0.25) is 18.1 Å². The van der Waals surface area contributed by atoms with Gasteiger partial charge in [-0.3, -0.25) is 0 Å². The van der Waals surface area contributed by atoms with E-state index in [1.54, 1.807) is 0 Å². The van der Waals surface area contributed by atoms with Crippen LogP contribution in [0.3, 0.4) is 0 Å². The molecule has 24 heavy (non-hydrogen) atoms. The molecule has 0 aromatic heterocycles. The first-order valence-corrected chi connectivity index (χ1v) is 13.2. The largest absolute Gasteiger partial charge is 0.123 e. The lowest BCUT2D eigenvalue weighted by molar-refractivity contribution is 0.586. The number of benzene rings is 1. The maximum absolute atomic E-state index is 6.98. The van der Waals surface area contributed by atoms with Gasteiger partial charge in [-0.1, -0.05) is 115 Å². The Labute approximate surface area is 157 Å². The van der Waals surface area contributed by atoms with Crippen molar-refractivity contribution < 1.29 is 0 Å². The molecule has 1 rings (SSSR count). The molecule has 0 heterocycles. The van der Waals surface area contributed by atoms with Crippen LogP contribution < -0.4 is 0 Å². The summed E-state index contributed by atoms with van der Waals surface area (Å²) in [5.74, 6) is 0. The molecule has 0 bridgehead atoms. The van der Waals surface area contributed by atoms with E-state index in [1.807, 2.05) is 0 Å². The smallest absolute Gasteiger partial charge is 0.0663 e. The van der Waals surface area contributed by atoms with Gasteiger partial charge in [-0.25, -0.2) is 0 Å². The topological polar surface area (TPSA) is 0 Å². The van der Waals surface area contributed by atoms with Crippen molar-refractivity contribution in [2.45, 2.75) is 102 Å². The fraction of sp³-hybridized carbons (Fsp3) is 0.727. The standard InChI is InChI=1S/C22H39ClSi/c1-6-9-17-24(18-10-7-2,19-11-8-3)22(5,20(4)23)21-15-13-12-14-16-21/h12-16,20H,6-11,17-19H2,1-5H3. The number of halogens is 1. The summed E-state index contributed by atoms with van der Waals surface area (Å²) in [4.78, 5) is 0. The Morgan fingerprint density at radius 3 is 1.62 bits per heavy atom. The predicted octanol–water partition coefficient (Wildman–Crippen LogP) is 7.96.